The second-order valence-electron chi connectivity index (χ2n) is 2.71. The van der Waals surface area contributed by atoms with Crippen LogP contribution in [-0.2, 0) is 6.54 Å². The number of hydrogen-bond donors (Lipinski definition) is 4. The summed E-state index contributed by atoms with van der Waals surface area (Å²) in [7, 11) is 0. The largest absolute Gasteiger partial charge is 0.323 e. The van der Waals surface area contributed by atoms with Crippen molar-refractivity contribution < 1.29 is 0 Å². The summed E-state index contributed by atoms with van der Waals surface area (Å²) in [5.41, 5.74) is 7.18. The molecular weight excluding hydrogens is 144 g/mol. The van der Waals surface area contributed by atoms with Crippen LogP contribution in [0.25, 0.3) is 0 Å². The van der Waals surface area contributed by atoms with Gasteiger partial charge in [-0.25, -0.2) is 0 Å². The molecule has 0 unspecified atom stereocenters. The lowest BCUT2D eigenvalue weighted by molar-refractivity contribution is 0.548. The molecule has 0 aromatic carbocycles. The fourth-order valence-corrected chi connectivity index (χ4v) is 1.39. The Hall–Kier alpha value is -1.07. The molecule has 1 atom stereocenters. The fraction of sp³-hybridized carbons (Fsp3) is 0.500. The van der Waals surface area contributed by atoms with Crippen LogP contribution in [0.5, 0.6) is 0 Å². The van der Waals surface area contributed by atoms with Gasteiger partial charge in [0.2, 0.25) is 0 Å². The van der Waals surface area contributed by atoms with Crippen molar-refractivity contribution in [1.82, 2.24) is 15.5 Å². The summed E-state index contributed by atoms with van der Waals surface area (Å²) in [6.07, 6.45) is 0. The summed E-state index contributed by atoms with van der Waals surface area (Å²) in [6.45, 7) is 1.37. The van der Waals surface area contributed by atoms with Crippen LogP contribution in [0, 0.1) is 0 Å². The molecule has 1 aromatic heterocycles. The van der Waals surface area contributed by atoms with E-state index >= 15 is 0 Å². The smallest absolute Gasteiger partial charge is 0.269 e. The van der Waals surface area contributed by atoms with Gasteiger partial charge >= 0.3 is 0 Å². The normalized spacial score (nSPS) is 23.2. The molecule has 0 amide bonds. The number of rotatable bonds is 0. The Kier molecular flexibility index (Phi) is 1.33. The third-order valence-electron chi connectivity index (χ3n) is 1.93. The number of nitrogens with two attached hydrogens (primary N) is 1. The van der Waals surface area contributed by atoms with Crippen LogP contribution in [0.4, 0.5) is 0 Å². The van der Waals surface area contributed by atoms with Gasteiger partial charge in [0.05, 0.1) is 11.3 Å². The molecule has 2 rings (SSSR count). The molecule has 0 saturated heterocycles. The first-order chi connectivity index (χ1) is 5.29. The summed E-state index contributed by atoms with van der Waals surface area (Å²) in [5, 5.41) is 8.37. The van der Waals surface area contributed by atoms with Crippen LogP contribution < -0.4 is 16.6 Å². The molecule has 60 valence electrons. The van der Waals surface area contributed by atoms with Crippen LogP contribution in [0.2, 0.25) is 0 Å². The van der Waals surface area contributed by atoms with Crippen molar-refractivity contribution in [3.05, 3.63) is 21.6 Å². The Balaban J connectivity index is 2.56. The first kappa shape index (κ1) is 6.63. The number of hydrogen-bond acceptors (Lipinski definition) is 3. The molecular formula is C6H10N4O. The van der Waals surface area contributed by atoms with E-state index in [2.05, 4.69) is 15.5 Å². The van der Waals surface area contributed by atoms with Crippen LogP contribution >= 0.6 is 0 Å². The molecule has 0 aliphatic carbocycles. The third kappa shape index (κ3) is 0.892. The van der Waals surface area contributed by atoms with E-state index in [1.807, 2.05) is 0 Å². The van der Waals surface area contributed by atoms with E-state index < -0.39 is 0 Å². The quantitative estimate of drug-likeness (QED) is 0.379. The number of nitrogens with one attached hydrogen (secondary N) is 3. The van der Waals surface area contributed by atoms with Gasteiger partial charge in [-0.2, -0.15) is 0 Å². The van der Waals surface area contributed by atoms with E-state index in [4.69, 9.17) is 5.73 Å². The first-order valence-electron chi connectivity index (χ1n) is 3.55. The van der Waals surface area contributed by atoms with Crippen molar-refractivity contribution in [2.24, 2.45) is 5.73 Å². The number of H-pyrrole nitrogens is 2. The van der Waals surface area contributed by atoms with Gasteiger partial charge in [0.15, 0.2) is 0 Å². The number of aromatic amines is 2. The Morgan fingerprint density at radius 2 is 2.27 bits per heavy atom. The van der Waals surface area contributed by atoms with Crippen molar-refractivity contribution in [1.29, 1.82) is 0 Å². The van der Waals surface area contributed by atoms with Crippen molar-refractivity contribution in [3.8, 4) is 0 Å². The maximum Gasteiger partial charge on any atom is 0.269 e. The zero-order chi connectivity index (χ0) is 7.84. The third-order valence-corrected chi connectivity index (χ3v) is 1.93. The predicted octanol–water partition coefficient (Wildman–Crippen LogP) is -1.19. The van der Waals surface area contributed by atoms with E-state index in [-0.39, 0.29) is 11.6 Å². The zero-order valence-electron chi connectivity index (χ0n) is 5.98. The fourth-order valence-electron chi connectivity index (χ4n) is 1.39. The summed E-state index contributed by atoms with van der Waals surface area (Å²) in [4.78, 5) is 11.1. The Labute approximate surface area is 63.0 Å². The topological polar surface area (TPSA) is 86.7 Å². The van der Waals surface area contributed by atoms with Crippen LogP contribution in [0.3, 0.4) is 0 Å². The molecule has 0 saturated carbocycles. The minimum atomic E-state index is -0.172. The van der Waals surface area contributed by atoms with E-state index in [1.165, 1.54) is 0 Å². The van der Waals surface area contributed by atoms with Crippen LogP contribution in [0.1, 0.15) is 17.3 Å². The maximum atomic E-state index is 11.1. The first-order valence-corrected chi connectivity index (χ1v) is 3.55. The number of fused-ring (bicyclic) bond motifs is 1. The average Bonchev–Trinajstić information content (AvgIpc) is 2.34. The zero-order valence-corrected chi connectivity index (χ0v) is 5.98. The molecule has 2 heterocycles. The highest BCUT2D eigenvalue weighted by atomic mass is 16.1. The SMILES string of the molecule is N[C@@H]1CNCc2[nH][nH]c(=O)c21. The molecule has 1 aliphatic heterocycles. The minimum absolute atomic E-state index is 0.0889. The van der Waals surface area contributed by atoms with Gasteiger partial charge in [-0.3, -0.25) is 9.89 Å². The summed E-state index contributed by atoms with van der Waals surface area (Å²) < 4.78 is 0. The standard InChI is InChI=1S/C6H10N4O/c7-3-1-8-2-4-5(3)6(11)10-9-4/h3,8H,1-2,7H2,(H2,9,10,11)/t3-/m1/s1. The molecule has 5 heteroatoms. The molecule has 0 spiro atoms. The van der Waals surface area contributed by atoms with Gasteiger partial charge in [-0.05, 0) is 0 Å². The lowest BCUT2D eigenvalue weighted by Gasteiger charge is -2.17. The Morgan fingerprint density at radius 1 is 1.45 bits per heavy atom. The molecule has 5 nitrogen and oxygen atoms in total. The second kappa shape index (κ2) is 2.21. The number of aromatic nitrogens is 2. The van der Waals surface area contributed by atoms with Crippen molar-refractivity contribution in [2.75, 3.05) is 6.54 Å². The predicted molar refractivity (Wildman–Crippen MR) is 40.0 cm³/mol. The second-order valence-corrected chi connectivity index (χ2v) is 2.71. The monoisotopic (exact) mass is 154 g/mol. The highest BCUT2D eigenvalue weighted by Gasteiger charge is 2.20. The molecule has 11 heavy (non-hydrogen) atoms. The van der Waals surface area contributed by atoms with Crippen molar-refractivity contribution in [2.45, 2.75) is 12.6 Å². The van der Waals surface area contributed by atoms with Gasteiger partial charge in [0.1, 0.15) is 0 Å². The summed E-state index contributed by atoms with van der Waals surface area (Å²) in [6, 6.07) is -0.172. The minimum Gasteiger partial charge on any atom is -0.323 e. The van der Waals surface area contributed by atoms with Gasteiger partial charge in [0.25, 0.3) is 5.56 Å². The Morgan fingerprint density at radius 3 is 3.00 bits per heavy atom. The average molecular weight is 154 g/mol. The van der Waals surface area contributed by atoms with E-state index in [1.54, 1.807) is 0 Å². The lowest BCUT2D eigenvalue weighted by atomic mass is 10.1. The molecule has 1 aliphatic rings. The Bertz CT molecular complexity index is 313. The van der Waals surface area contributed by atoms with Gasteiger partial charge in [-0.1, -0.05) is 0 Å². The van der Waals surface area contributed by atoms with E-state index in [9.17, 15) is 4.79 Å². The van der Waals surface area contributed by atoms with E-state index in [0.29, 0.717) is 18.7 Å². The highest BCUT2D eigenvalue weighted by Crippen LogP contribution is 2.12. The molecule has 0 radical (unpaired) electrons. The van der Waals surface area contributed by atoms with Gasteiger partial charge < -0.3 is 16.1 Å². The van der Waals surface area contributed by atoms with Gasteiger partial charge in [-0.15, -0.1) is 0 Å². The van der Waals surface area contributed by atoms with Crippen molar-refractivity contribution in [3.63, 3.8) is 0 Å². The van der Waals surface area contributed by atoms with Crippen LogP contribution in [-0.4, -0.2) is 16.7 Å². The van der Waals surface area contributed by atoms with Gasteiger partial charge in [0, 0.05) is 19.1 Å². The van der Waals surface area contributed by atoms with Crippen molar-refractivity contribution >= 4 is 0 Å². The van der Waals surface area contributed by atoms with E-state index in [0.717, 1.165) is 5.69 Å². The molecule has 0 bridgehead atoms. The maximum absolute atomic E-state index is 11.1. The highest BCUT2D eigenvalue weighted by molar-refractivity contribution is 5.23. The summed E-state index contributed by atoms with van der Waals surface area (Å²) >= 11 is 0. The molecule has 0 fully saturated rings. The molecule has 5 N–H and O–H groups in total. The van der Waals surface area contributed by atoms with Crippen LogP contribution in [0.15, 0.2) is 4.79 Å². The lowest BCUT2D eigenvalue weighted by Crippen LogP contribution is -2.35. The molecule has 1 aromatic rings. The summed E-state index contributed by atoms with van der Waals surface area (Å²) in [5.74, 6) is 0.